The van der Waals surface area contributed by atoms with Gasteiger partial charge in [0.25, 0.3) is 5.91 Å². The molecular weight excluding hydrogens is 337 g/mol. The normalized spacial score (nSPS) is 17.3. The van der Waals surface area contributed by atoms with Gasteiger partial charge in [-0.2, -0.15) is 0 Å². The van der Waals surface area contributed by atoms with Crippen molar-refractivity contribution in [3.05, 3.63) is 29.6 Å². The second-order valence-electron chi connectivity index (χ2n) is 5.72. The van der Waals surface area contributed by atoms with Crippen molar-refractivity contribution >= 4 is 21.8 Å². The van der Waals surface area contributed by atoms with Crippen LogP contribution in [0.3, 0.4) is 0 Å². The number of alkyl halides is 1. The molecule has 0 radical (unpaired) electrons. The van der Waals surface area contributed by atoms with Crippen LogP contribution in [0, 0.1) is 11.2 Å². The van der Waals surface area contributed by atoms with E-state index in [-0.39, 0.29) is 16.9 Å². The Balaban J connectivity index is 2.01. The van der Waals surface area contributed by atoms with Gasteiger partial charge in [-0.25, -0.2) is 4.39 Å². The molecule has 1 aromatic rings. The molecule has 0 aliphatic heterocycles. The van der Waals surface area contributed by atoms with Crippen molar-refractivity contribution in [2.75, 3.05) is 19.0 Å². The van der Waals surface area contributed by atoms with Crippen molar-refractivity contribution in [3.63, 3.8) is 0 Å². The number of nitrogens with one attached hydrogen (secondary N) is 1. The molecule has 1 saturated carbocycles. The van der Waals surface area contributed by atoms with Crippen LogP contribution in [0.25, 0.3) is 0 Å². The van der Waals surface area contributed by atoms with E-state index >= 15 is 0 Å². The lowest BCUT2D eigenvalue weighted by atomic mass is 9.75. The second-order valence-corrected chi connectivity index (χ2v) is 6.28. The molecule has 1 amide bonds. The summed E-state index contributed by atoms with van der Waals surface area (Å²) >= 11 is 3.57. The van der Waals surface area contributed by atoms with E-state index in [2.05, 4.69) is 21.2 Å². The number of amides is 1. The number of hydrogen-bond acceptors (Lipinski definition) is 2. The molecule has 1 N–H and O–H groups in total. The Labute approximate surface area is 133 Å². The predicted octanol–water partition coefficient (Wildman–Crippen LogP) is 3.91. The number of hydrogen-bond donors (Lipinski definition) is 1. The van der Waals surface area contributed by atoms with Gasteiger partial charge in [-0.3, -0.25) is 4.79 Å². The first-order chi connectivity index (χ1) is 10.1. The Hall–Kier alpha value is -1.10. The van der Waals surface area contributed by atoms with E-state index < -0.39 is 5.82 Å². The number of carbonyl (C=O) groups is 1. The molecule has 0 saturated heterocycles. The summed E-state index contributed by atoms with van der Waals surface area (Å²) in [5.41, 5.74) is 0.174. The standard InChI is InChI=1S/C16H21BrFNO2/c1-21-12-5-6-13(14(18)9-12)15(20)19-11-16(10-17)7-3-2-4-8-16/h5-6,9H,2-4,7-8,10-11H2,1H3,(H,19,20). The van der Waals surface area contributed by atoms with Crippen LogP contribution < -0.4 is 10.1 Å². The molecule has 2 rings (SSSR count). The summed E-state index contributed by atoms with van der Waals surface area (Å²) in [6, 6.07) is 4.29. The Morgan fingerprint density at radius 3 is 2.67 bits per heavy atom. The molecule has 0 heterocycles. The number of halogens is 2. The molecule has 5 heteroatoms. The van der Waals surface area contributed by atoms with Crippen LogP contribution >= 0.6 is 15.9 Å². The van der Waals surface area contributed by atoms with Crippen molar-refractivity contribution < 1.29 is 13.9 Å². The summed E-state index contributed by atoms with van der Waals surface area (Å²) in [6.07, 6.45) is 5.85. The van der Waals surface area contributed by atoms with Gasteiger partial charge < -0.3 is 10.1 Å². The first-order valence-corrected chi connectivity index (χ1v) is 8.40. The number of rotatable bonds is 5. The van der Waals surface area contributed by atoms with Crippen LogP contribution in [0.2, 0.25) is 0 Å². The van der Waals surface area contributed by atoms with E-state index in [0.29, 0.717) is 12.3 Å². The van der Waals surface area contributed by atoms with Gasteiger partial charge >= 0.3 is 0 Å². The maximum Gasteiger partial charge on any atom is 0.254 e. The summed E-state index contributed by atoms with van der Waals surface area (Å²) in [5, 5.41) is 3.76. The van der Waals surface area contributed by atoms with E-state index in [4.69, 9.17) is 4.74 Å². The molecule has 0 atom stereocenters. The van der Waals surface area contributed by atoms with E-state index in [9.17, 15) is 9.18 Å². The van der Waals surface area contributed by atoms with E-state index in [0.717, 1.165) is 18.2 Å². The fourth-order valence-corrected chi connectivity index (χ4v) is 3.59. The van der Waals surface area contributed by atoms with Crippen LogP contribution in [0.5, 0.6) is 5.75 Å². The lowest BCUT2D eigenvalue weighted by Gasteiger charge is -2.35. The maximum atomic E-state index is 13.9. The Morgan fingerprint density at radius 1 is 1.38 bits per heavy atom. The topological polar surface area (TPSA) is 38.3 Å². The first kappa shape index (κ1) is 16.3. The average Bonchev–Trinajstić information content (AvgIpc) is 2.53. The van der Waals surface area contributed by atoms with Gasteiger partial charge in [-0.15, -0.1) is 0 Å². The van der Waals surface area contributed by atoms with Crippen LogP contribution in [0.15, 0.2) is 18.2 Å². The van der Waals surface area contributed by atoms with E-state index in [1.165, 1.54) is 38.5 Å². The third-order valence-electron chi connectivity index (χ3n) is 4.24. The van der Waals surface area contributed by atoms with Gasteiger partial charge in [-0.05, 0) is 30.4 Å². The van der Waals surface area contributed by atoms with Crippen LogP contribution in [-0.4, -0.2) is 24.9 Å². The van der Waals surface area contributed by atoms with E-state index in [1.54, 1.807) is 6.07 Å². The fourth-order valence-electron chi connectivity index (χ4n) is 2.83. The summed E-state index contributed by atoms with van der Waals surface area (Å²) in [6.45, 7) is 0.586. The zero-order valence-electron chi connectivity index (χ0n) is 12.3. The molecule has 1 aromatic carbocycles. The van der Waals surface area contributed by atoms with Gasteiger partial charge in [0.2, 0.25) is 0 Å². The monoisotopic (exact) mass is 357 g/mol. The molecule has 21 heavy (non-hydrogen) atoms. The second kappa shape index (κ2) is 7.25. The van der Waals surface area contributed by atoms with Crippen molar-refractivity contribution in [1.82, 2.24) is 5.32 Å². The van der Waals surface area contributed by atoms with Gasteiger partial charge in [0.1, 0.15) is 11.6 Å². The number of ether oxygens (including phenoxy) is 1. The van der Waals surface area contributed by atoms with Crippen molar-refractivity contribution in [3.8, 4) is 5.75 Å². The van der Waals surface area contributed by atoms with E-state index in [1.807, 2.05) is 0 Å². The Bertz CT molecular complexity index is 501. The molecule has 0 aromatic heterocycles. The van der Waals surface area contributed by atoms with Gasteiger partial charge in [-0.1, -0.05) is 35.2 Å². The highest BCUT2D eigenvalue weighted by Crippen LogP contribution is 2.37. The van der Waals surface area contributed by atoms with Gasteiger partial charge in [0.15, 0.2) is 0 Å². The molecule has 3 nitrogen and oxygen atoms in total. The zero-order chi connectivity index (χ0) is 15.3. The minimum Gasteiger partial charge on any atom is -0.497 e. The highest BCUT2D eigenvalue weighted by Gasteiger charge is 2.31. The van der Waals surface area contributed by atoms with Crippen LogP contribution in [-0.2, 0) is 0 Å². The summed E-state index contributed by atoms with van der Waals surface area (Å²) in [4.78, 5) is 12.2. The lowest BCUT2D eigenvalue weighted by Crippen LogP contribution is -2.40. The Kier molecular flexibility index (Phi) is 5.62. The predicted molar refractivity (Wildman–Crippen MR) is 84.6 cm³/mol. The molecule has 1 aliphatic carbocycles. The molecule has 116 valence electrons. The molecule has 0 bridgehead atoms. The van der Waals surface area contributed by atoms with Crippen molar-refractivity contribution in [2.24, 2.45) is 5.41 Å². The fraction of sp³-hybridized carbons (Fsp3) is 0.562. The van der Waals surface area contributed by atoms with Crippen LogP contribution in [0.4, 0.5) is 4.39 Å². The SMILES string of the molecule is COc1ccc(C(=O)NCC2(CBr)CCCCC2)c(F)c1. The zero-order valence-corrected chi connectivity index (χ0v) is 13.8. The number of methoxy groups -OCH3 is 1. The molecule has 1 fully saturated rings. The van der Waals surface area contributed by atoms with Crippen molar-refractivity contribution in [2.45, 2.75) is 32.1 Å². The van der Waals surface area contributed by atoms with Crippen LogP contribution in [0.1, 0.15) is 42.5 Å². The minimum atomic E-state index is -0.552. The first-order valence-electron chi connectivity index (χ1n) is 7.28. The van der Waals surface area contributed by atoms with Crippen molar-refractivity contribution in [1.29, 1.82) is 0 Å². The lowest BCUT2D eigenvalue weighted by molar-refractivity contribution is 0.0918. The third kappa shape index (κ3) is 3.96. The quantitative estimate of drug-likeness (QED) is 0.811. The van der Waals surface area contributed by atoms with Gasteiger partial charge in [0.05, 0.1) is 12.7 Å². The molecule has 0 unspecified atom stereocenters. The smallest absolute Gasteiger partial charge is 0.254 e. The maximum absolute atomic E-state index is 13.9. The molecular formula is C16H21BrFNO2. The summed E-state index contributed by atoms with van der Waals surface area (Å²) < 4.78 is 18.8. The highest BCUT2D eigenvalue weighted by molar-refractivity contribution is 9.09. The minimum absolute atomic E-state index is 0.0660. The Morgan fingerprint density at radius 2 is 2.10 bits per heavy atom. The van der Waals surface area contributed by atoms with Gasteiger partial charge in [0, 0.05) is 17.9 Å². The summed E-state index contributed by atoms with van der Waals surface area (Å²) in [5.74, 6) is -0.502. The molecule has 1 aliphatic rings. The number of benzene rings is 1. The average molecular weight is 358 g/mol. The summed E-state index contributed by atoms with van der Waals surface area (Å²) in [7, 11) is 1.47. The molecule has 0 spiro atoms. The highest BCUT2D eigenvalue weighted by atomic mass is 79.9. The largest absolute Gasteiger partial charge is 0.497 e. The third-order valence-corrected chi connectivity index (χ3v) is 5.43. The number of carbonyl (C=O) groups excluding carboxylic acids is 1.